The average molecular weight is 816 g/mol. The molecule has 0 spiro atoms. The molecule has 0 unspecified atom stereocenters. The summed E-state index contributed by atoms with van der Waals surface area (Å²) in [6.45, 7) is 2.08. The number of fused-ring (bicyclic) bond motifs is 4. The summed E-state index contributed by atoms with van der Waals surface area (Å²) in [5.41, 5.74) is 9.32. The van der Waals surface area contributed by atoms with Gasteiger partial charge < -0.3 is 0 Å². The molecule has 49 heavy (non-hydrogen) atoms. The molecule has 0 aliphatic heterocycles. The van der Waals surface area contributed by atoms with Crippen molar-refractivity contribution in [3.8, 4) is 39.9 Å². The summed E-state index contributed by atoms with van der Waals surface area (Å²) in [6, 6.07) is 44.0. The van der Waals surface area contributed by atoms with E-state index in [1.165, 1.54) is 0 Å². The monoisotopic (exact) mass is 815 g/mol. The molecule has 4 aromatic heterocycles. The molecule has 0 radical (unpaired) electrons. The topological polar surface area (TPSA) is 62.7 Å². The molecule has 0 aliphatic rings. The van der Waals surface area contributed by atoms with Gasteiger partial charge in [-0.1, -0.05) is 12.1 Å². The molecular formula is C41H28N6OPt. The van der Waals surface area contributed by atoms with Gasteiger partial charge in [-0.3, -0.25) is 9.97 Å². The first kappa shape index (κ1) is 29.2. The number of rotatable bonds is 6. The fourth-order valence-electron chi connectivity index (χ4n) is 6.63. The number of aromatic nitrogens is 6. The van der Waals surface area contributed by atoms with Crippen LogP contribution in [0.3, 0.4) is 0 Å². The van der Waals surface area contributed by atoms with Gasteiger partial charge in [-0.25, -0.2) is 0 Å². The summed E-state index contributed by atoms with van der Waals surface area (Å²) in [7, 11) is 0. The quantitative estimate of drug-likeness (QED) is 0.168. The van der Waals surface area contributed by atoms with E-state index in [2.05, 4.69) is 153 Å². The van der Waals surface area contributed by atoms with Gasteiger partial charge in [0.1, 0.15) is 0 Å². The maximum absolute atomic E-state index is 6.61. The maximum atomic E-state index is 6.61. The summed E-state index contributed by atoms with van der Waals surface area (Å²) in [5, 5.41) is 2.29. The summed E-state index contributed by atoms with van der Waals surface area (Å²) in [5.74, 6) is 2.33. The van der Waals surface area contributed by atoms with Gasteiger partial charge in [-0.05, 0) is 12.5 Å². The van der Waals surface area contributed by atoms with E-state index >= 15 is 0 Å². The molecular weight excluding hydrogens is 788 g/mol. The van der Waals surface area contributed by atoms with E-state index in [4.69, 9.17) is 9.72 Å². The third-order valence-corrected chi connectivity index (χ3v) is 9.86. The second kappa shape index (κ2) is 12.0. The molecule has 7 nitrogen and oxygen atoms in total. The van der Waals surface area contributed by atoms with Gasteiger partial charge in [0.15, 0.2) is 0 Å². The summed E-state index contributed by atoms with van der Waals surface area (Å²) in [4.78, 5) is 13.7. The summed E-state index contributed by atoms with van der Waals surface area (Å²) in [6.07, 6.45) is 7.03. The van der Waals surface area contributed by atoms with Crippen LogP contribution in [-0.2, 0) is 19.4 Å². The fourth-order valence-corrected chi connectivity index (χ4v) is 7.77. The van der Waals surface area contributed by atoms with Gasteiger partial charge >= 0.3 is 223 Å². The number of ether oxygens (including phenoxy) is 1. The van der Waals surface area contributed by atoms with Gasteiger partial charge in [0.05, 0.1) is 11.9 Å². The van der Waals surface area contributed by atoms with Gasteiger partial charge in [0.2, 0.25) is 0 Å². The molecule has 8 heteroatoms. The zero-order valence-electron chi connectivity index (χ0n) is 26.3. The smallest absolute Gasteiger partial charge is 0.261 e. The van der Waals surface area contributed by atoms with E-state index in [0.29, 0.717) is 0 Å². The molecule has 5 aromatic carbocycles. The number of para-hydroxylation sites is 4. The predicted molar refractivity (Wildman–Crippen MR) is 190 cm³/mol. The van der Waals surface area contributed by atoms with Crippen molar-refractivity contribution in [3.63, 3.8) is 0 Å². The number of imidazole rings is 1. The van der Waals surface area contributed by atoms with E-state index in [1.54, 1.807) is 18.6 Å². The Morgan fingerprint density at radius 2 is 1.24 bits per heavy atom. The van der Waals surface area contributed by atoms with Crippen LogP contribution in [0.25, 0.3) is 61.3 Å². The van der Waals surface area contributed by atoms with Crippen LogP contribution in [0.4, 0.5) is 0 Å². The van der Waals surface area contributed by atoms with E-state index in [-0.39, 0.29) is 0 Å². The minimum Gasteiger partial charge on any atom is -0.261 e. The Bertz CT molecular complexity index is 2730. The first-order chi connectivity index (χ1) is 24.1. The fraction of sp³-hybridized carbons (Fsp3) is 0.0244. The Morgan fingerprint density at radius 1 is 0.551 bits per heavy atom. The van der Waals surface area contributed by atoms with E-state index in [9.17, 15) is 0 Å². The van der Waals surface area contributed by atoms with E-state index < -0.39 is 0 Å². The second-order valence-electron chi connectivity index (χ2n) is 11.8. The molecule has 4 heterocycles. The van der Waals surface area contributed by atoms with Gasteiger partial charge in [0, 0.05) is 24.2 Å². The van der Waals surface area contributed by atoms with Crippen molar-refractivity contribution in [2.75, 3.05) is 0 Å². The molecule has 0 bridgehead atoms. The molecule has 0 amide bonds. The molecule has 9 rings (SSSR count). The van der Waals surface area contributed by atoms with E-state index in [0.717, 1.165) is 82.2 Å². The van der Waals surface area contributed by atoms with Crippen molar-refractivity contribution in [3.05, 3.63) is 162 Å². The minimum absolute atomic E-state index is 0.744. The molecule has 0 atom stereocenters. The number of hydrogen-bond acceptors (Lipinski definition) is 4. The second-order valence-corrected chi connectivity index (χ2v) is 12.8. The van der Waals surface area contributed by atoms with Crippen molar-refractivity contribution in [1.29, 1.82) is 0 Å². The van der Waals surface area contributed by atoms with Crippen LogP contribution in [-0.4, -0.2) is 28.7 Å². The normalized spacial score (nSPS) is 11.5. The summed E-state index contributed by atoms with van der Waals surface area (Å²) >= 11 is 2.42. The number of nitrogens with zero attached hydrogens (tertiary/aromatic N) is 6. The molecule has 0 saturated heterocycles. The Morgan fingerprint density at radius 3 is 2.02 bits per heavy atom. The molecule has 0 aliphatic carbocycles. The Hall–Kier alpha value is -5.91. The van der Waals surface area contributed by atoms with Crippen molar-refractivity contribution in [2.24, 2.45) is 0 Å². The number of benzene rings is 5. The van der Waals surface area contributed by atoms with Crippen LogP contribution in [0.5, 0.6) is 11.5 Å². The molecule has 238 valence electrons. The Balaban J connectivity index is 1.13. The Kier molecular flexibility index (Phi) is 7.14. The van der Waals surface area contributed by atoms with Gasteiger partial charge in [-0.2, -0.15) is 0 Å². The van der Waals surface area contributed by atoms with Crippen molar-refractivity contribution in [1.82, 2.24) is 28.7 Å². The third kappa shape index (κ3) is 5.02. The molecule has 0 saturated carbocycles. The summed E-state index contributed by atoms with van der Waals surface area (Å²) < 4.78 is 14.4. The number of aryl methyl sites for hydroxylation is 1. The van der Waals surface area contributed by atoms with Crippen LogP contribution in [0, 0.1) is 10.7 Å². The number of hydrogen-bond donors (Lipinski definition) is 0. The number of pyridine rings is 1. The van der Waals surface area contributed by atoms with Crippen LogP contribution in [0.15, 0.2) is 152 Å². The van der Waals surface area contributed by atoms with Gasteiger partial charge in [-0.15, -0.1) is 0 Å². The van der Waals surface area contributed by atoms with Crippen LogP contribution >= 0.6 is 0 Å². The first-order valence-corrected chi connectivity index (χ1v) is 17.1. The van der Waals surface area contributed by atoms with Crippen LogP contribution < -0.4 is 4.74 Å². The van der Waals surface area contributed by atoms with Crippen molar-refractivity contribution in [2.45, 2.75) is 6.92 Å². The van der Waals surface area contributed by atoms with Gasteiger partial charge in [0.25, 0.3) is 0 Å². The SMILES string of the molecule is Cc1cc(-n2c3ccccc3c3ccc(Oc4cccc(-n5[c](=[Pt])n(-c6ccccc6)c6ccccc65)c4)cc32)ncc1-c1cnccn1. The third-order valence-electron chi connectivity index (χ3n) is 8.84. The average Bonchev–Trinajstić information content (AvgIpc) is 3.63. The standard InChI is InChI=1S/C41H28N6O.Pt/c1-28-22-41(44-25-35(28)36-26-42-20-21-43-36)47-37-15-6-5-14-33(37)34-19-18-32(24-40(34)47)48-31-13-9-12-30(23-31)46-27-45(29-10-3-2-4-11-29)38-16-7-8-17-39(38)46;/h2-26H,1H3;. The van der Waals surface area contributed by atoms with E-state index in [1.807, 2.05) is 30.5 Å². The first-order valence-electron chi connectivity index (χ1n) is 15.9. The van der Waals surface area contributed by atoms with Crippen LogP contribution in [0.1, 0.15) is 5.56 Å². The molecule has 9 aromatic rings. The molecule has 0 N–H and O–H groups in total. The Labute approximate surface area is 292 Å². The zero-order chi connectivity index (χ0) is 32.9. The van der Waals surface area contributed by atoms with Crippen molar-refractivity contribution < 1.29 is 24.1 Å². The van der Waals surface area contributed by atoms with Crippen molar-refractivity contribution >= 4 is 32.8 Å². The van der Waals surface area contributed by atoms with Crippen LogP contribution in [0.2, 0.25) is 0 Å². The predicted octanol–water partition coefficient (Wildman–Crippen LogP) is 9.55. The zero-order valence-corrected chi connectivity index (χ0v) is 28.6. The minimum atomic E-state index is 0.744. The molecule has 0 fully saturated rings.